The highest BCUT2D eigenvalue weighted by Gasteiger charge is 2.23. The fourth-order valence-electron chi connectivity index (χ4n) is 1.84. The normalized spacial score (nSPS) is 11.7. The number of aromatic nitrogens is 3. The predicted molar refractivity (Wildman–Crippen MR) is 76.0 cm³/mol. The first-order valence-corrected chi connectivity index (χ1v) is 8.12. The smallest absolute Gasteiger partial charge is 0.265 e. The minimum atomic E-state index is -3.96. The van der Waals surface area contributed by atoms with Crippen molar-refractivity contribution in [2.45, 2.75) is 5.16 Å². The molecule has 0 amide bonds. The number of nitrogens with two attached hydrogens (primary N) is 1. The summed E-state index contributed by atoms with van der Waals surface area (Å²) in [5.74, 6) is 0.446. The van der Waals surface area contributed by atoms with Crippen LogP contribution < -0.4 is 5.14 Å². The molecule has 102 valence electrons. The molecule has 3 rings (SSSR count). The third-order valence-electron chi connectivity index (χ3n) is 2.68. The van der Waals surface area contributed by atoms with Crippen LogP contribution in [0.3, 0.4) is 0 Å². The van der Waals surface area contributed by atoms with Crippen molar-refractivity contribution >= 4 is 21.4 Å². The molecule has 0 aliphatic rings. The molecule has 1 aromatic carbocycles. The number of sulfonamides is 1. The molecular formula is C12H10N4O2S2. The zero-order valence-corrected chi connectivity index (χ0v) is 11.8. The number of rotatable bonds is 3. The molecule has 0 saturated heterocycles. The van der Waals surface area contributed by atoms with Gasteiger partial charge >= 0.3 is 0 Å². The minimum Gasteiger partial charge on any atom is -0.265 e. The van der Waals surface area contributed by atoms with Gasteiger partial charge in [0, 0.05) is 16.6 Å². The van der Waals surface area contributed by atoms with Gasteiger partial charge in [0.1, 0.15) is 0 Å². The van der Waals surface area contributed by atoms with Crippen LogP contribution in [0.4, 0.5) is 0 Å². The highest BCUT2D eigenvalue weighted by atomic mass is 32.2. The SMILES string of the molecule is NS(=O)(=O)c1nnc(-c2ccsc2)n1-c1ccccc1. The zero-order chi connectivity index (χ0) is 14.2. The molecule has 0 fully saturated rings. The van der Waals surface area contributed by atoms with Gasteiger partial charge in [-0.3, -0.25) is 4.57 Å². The zero-order valence-electron chi connectivity index (χ0n) is 10.2. The Morgan fingerprint density at radius 2 is 1.85 bits per heavy atom. The maximum absolute atomic E-state index is 11.7. The molecule has 20 heavy (non-hydrogen) atoms. The number of thiophene rings is 1. The van der Waals surface area contributed by atoms with Gasteiger partial charge in [0.25, 0.3) is 15.2 Å². The van der Waals surface area contributed by atoms with E-state index in [4.69, 9.17) is 5.14 Å². The molecule has 6 nitrogen and oxygen atoms in total. The van der Waals surface area contributed by atoms with Crippen molar-refractivity contribution in [3.05, 3.63) is 47.2 Å². The molecule has 0 spiro atoms. The third-order valence-corrected chi connectivity index (χ3v) is 4.14. The van der Waals surface area contributed by atoms with Gasteiger partial charge in [-0.05, 0) is 23.6 Å². The molecular weight excluding hydrogens is 296 g/mol. The van der Waals surface area contributed by atoms with Crippen molar-refractivity contribution in [2.75, 3.05) is 0 Å². The summed E-state index contributed by atoms with van der Waals surface area (Å²) >= 11 is 1.49. The van der Waals surface area contributed by atoms with Crippen molar-refractivity contribution in [3.63, 3.8) is 0 Å². The van der Waals surface area contributed by atoms with Crippen molar-refractivity contribution in [1.29, 1.82) is 0 Å². The minimum absolute atomic E-state index is 0.273. The average Bonchev–Trinajstić information content (AvgIpc) is 3.07. The quantitative estimate of drug-likeness (QED) is 0.796. The molecule has 0 atom stereocenters. The lowest BCUT2D eigenvalue weighted by Crippen LogP contribution is -2.18. The fourth-order valence-corrected chi connectivity index (χ4v) is 3.08. The summed E-state index contributed by atoms with van der Waals surface area (Å²) in [5.41, 5.74) is 1.43. The molecule has 2 heterocycles. The summed E-state index contributed by atoms with van der Waals surface area (Å²) in [4.78, 5) is 0. The summed E-state index contributed by atoms with van der Waals surface area (Å²) in [6.45, 7) is 0. The van der Waals surface area contributed by atoms with E-state index in [0.717, 1.165) is 5.56 Å². The van der Waals surface area contributed by atoms with Crippen LogP contribution in [0, 0.1) is 0 Å². The van der Waals surface area contributed by atoms with Crippen LogP contribution in [0.15, 0.2) is 52.3 Å². The lowest BCUT2D eigenvalue weighted by Gasteiger charge is -2.08. The molecule has 0 aliphatic heterocycles. The Labute approximate surface area is 119 Å². The lowest BCUT2D eigenvalue weighted by molar-refractivity contribution is 0.585. The molecule has 0 unspecified atom stereocenters. The molecule has 2 aromatic heterocycles. The number of hydrogen-bond donors (Lipinski definition) is 1. The first-order valence-electron chi connectivity index (χ1n) is 5.63. The first kappa shape index (κ1) is 13.0. The van der Waals surface area contributed by atoms with Crippen LogP contribution in [0.1, 0.15) is 0 Å². The number of nitrogens with zero attached hydrogens (tertiary/aromatic N) is 3. The van der Waals surface area contributed by atoms with Gasteiger partial charge < -0.3 is 0 Å². The maximum atomic E-state index is 11.7. The second kappa shape index (κ2) is 4.82. The van der Waals surface area contributed by atoms with E-state index in [0.29, 0.717) is 11.5 Å². The Balaban J connectivity index is 2.31. The summed E-state index contributed by atoms with van der Waals surface area (Å²) in [6, 6.07) is 10.8. The molecule has 0 aliphatic carbocycles. The summed E-state index contributed by atoms with van der Waals surface area (Å²) in [7, 11) is -3.96. The second-order valence-corrected chi connectivity index (χ2v) is 6.27. The highest BCUT2D eigenvalue weighted by molar-refractivity contribution is 7.89. The average molecular weight is 306 g/mol. The van der Waals surface area contributed by atoms with E-state index in [-0.39, 0.29) is 5.16 Å². The maximum Gasteiger partial charge on any atom is 0.274 e. The van der Waals surface area contributed by atoms with Crippen LogP contribution in [0.25, 0.3) is 17.1 Å². The van der Waals surface area contributed by atoms with E-state index in [2.05, 4.69) is 10.2 Å². The fraction of sp³-hybridized carbons (Fsp3) is 0. The van der Waals surface area contributed by atoms with Gasteiger partial charge in [0.05, 0.1) is 0 Å². The Morgan fingerprint density at radius 1 is 1.10 bits per heavy atom. The summed E-state index contributed by atoms with van der Waals surface area (Å²) in [6.07, 6.45) is 0. The second-order valence-electron chi connectivity index (χ2n) is 4.03. The number of hydrogen-bond acceptors (Lipinski definition) is 5. The molecule has 0 saturated carbocycles. The van der Waals surface area contributed by atoms with E-state index in [1.807, 2.05) is 22.9 Å². The van der Waals surface area contributed by atoms with Crippen LogP contribution in [-0.2, 0) is 10.0 Å². The van der Waals surface area contributed by atoms with Gasteiger partial charge in [0.15, 0.2) is 5.82 Å². The van der Waals surface area contributed by atoms with Gasteiger partial charge in [0.2, 0.25) is 0 Å². The molecule has 3 aromatic rings. The Hall–Kier alpha value is -2.03. The lowest BCUT2D eigenvalue weighted by atomic mass is 10.3. The molecule has 0 radical (unpaired) electrons. The van der Waals surface area contributed by atoms with Crippen LogP contribution in [0.5, 0.6) is 0 Å². The van der Waals surface area contributed by atoms with E-state index in [1.165, 1.54) is 15.9 Å². The van der Waals surface area contributed by atoms with Crippen molar-refractivity contribution in [3.8, 4) is 17.1 Å². The molecule has 2 N–H and O–H groups in total. The Kier molecular flexibility index (Phi) is 3.13. The number of para-hydroxylation sites is 1. The van der Waals surface area contributed by atoms with E-state index < -0.39 is 10.0 Å². The monoisotopic (exact) mass is 306 g/mol. The van der Waals surface area contributed by atoms with E-state index in [1.54, 1.807) is 24.3 Å². The summed E-state index contributed by atoms with van der Waals surface area (Å²) < 4.78 is 24.8. The predicted octanol–water partition coefficient (Wildman–Crippen LogP) is 1.64. The van der Waals surface area contributed by atoms with Crippen LogP contribution in [-0.4, -0.2) is 23.2 Å². The highest BCUT2D eigenvalue weighted by Crippen LogP contribution is 2.25. The van der Waals surface area contributed by atoms with Gasteiger partial charge in [-0.25, -0.2) is 13.6 Å². The van der Waals surface area contributed by atoms with Gasteiger partial charge in [-0.1, -0.05) is 18.2 Å². The molecule has 0 bridgehead atoms. The van der Waals surface area contributed by atoms with Crippen molar-refractivity contribution in [1.82, 2.24) is 14.8 Å². The summed E-state index contributed by atoms with van der Waals surface area (Å²) in [5, 5.41) is 16.4. The van der Waals surface area contributed by atoms with Crippen molar-refractivity contribution in [2.24, 2.45) is 5.14 Å². The Morgan fingerprint density at radius 3 is 2.45 bits per heavy atom. The number of benzene rings is 1. The van der Waals surface area contributed by atoms with Gasteiger partial charge in [-0.15, -0.1) is 10.2 Å². The topological polar surface area (TPSA) is 90.9 Å². The standard InChI is InChI=1S/C12H10N4O2S2/c13-20(17,18)12-15-14-11(9-6-7-19-8-9)16(12)10-4-2-1-3-5-10/h1-8H,(H2,13,17,18). The Bertz CT molecular complexity index is 824. The van der Waals surface area contributed by atoms with E-state index in [9.17, 15) is 8.42 Å². The number of primary sulfonamides is 1. The van der Waals surface area contributed by atoms with E-state index >= 15 is 0 Å². The first-order chi connectivity index (χ1) is 9.57. The van der Waals surface area contributed by atoms with Crippen LogP contribution in [0.2, 0.25) is 0 Å². The van der Waals surface area contributed by atoms with Crippen molar-refractivity contribution < 1.29 is 8.42 Å². The molecule has 8 heteroatoms. The largest absolute Gasteiger partial charge is 0.274 e. The third kappa shape index (κ3) is 2.24. The van der Waals surface area contributed by atoms with Crippen LogP contribution >= 0.6 is 11.3 Å². The van der Waals surface area contributed by atoms with Gasteiger partial charge in [-0.2, -0.15) is 11.3 Å².